The number of thioether (sulfide) groups is 1. The molecule has 1 amide bonds. The van der Waals surface area contributed by atoms with Gasteiger partial charge in [-0.2, -0.15) is 4.99 Å². The highest BCUT2D eigenvalue weighted by Gasteiger charge is 2.28. The molecule has 2 aromatic carbocycles. The van der Waals surface area contributed by atoms with Crippen LogP contribution in [0.5, 0.6) is 11.5 Å². The van der Waals surface area contributed by atoms with E-state index in [1.54, 1.807) is 14.2 Å². The van der Waals surface area contributed by atoms with Gasteiger partial charge in [0.05, 0.1) is 19.1 Å². The number of methoxy groups -OCH3 is 2. The molecule has 0 unspecified atom stereocenters. The third-order valence-corrected chi connectivity index (χ3v) is 5.76. The molecule has 0 aliphatic carbocycles. The van der Waals surface area contributed by atoms with Crippen molar-refractivity contribution in [3.8, 4) is 11.5 Å². The molecule has 138 valence electrons. The molecule has 2 heterocycles. The van der Waals surface area contributed by atoms with Crippen LogP contribution in [0.1, 0.15) is 16.7 Å². The smallest absolute Gasteiger partial charge is 0.286 e. The normalized spacial score (nSPS) is 17.7. The van der Waals surface area contributed by atoms with Crippen molar-refractivity contribution >= 4 is 28.9 Å². The molecule has 2 aliphatic heterocycles. The highest BCUT2D eigenvalue weighted by Crippen LogP contribution is 2.34. The van der Waals surface area contributed by atoms with E-state index in [-0.39, 0.29) is 5.91 Å². The Kier molecular flexibility index (Phi) is 4.90. The fourth-order valence-electron chi connectivity index (χ4n) is 3.29. The lowest BCUT2D eigenvalue weighted by Crippen LogP contribution is -2.33. The van der Waals surface area contributed by atoms with Crippen LogP contribution in [0.2, 0.25) is 0 Å². The van der Waals surface area contributed by atoms with E-state index in [1.165, 1.54) is 22.9 Å². The first-order chi connectivity index (χ1) is 13.2. The number of hydrogen-bond donors (Lipinski definition) is 0. The maximum absolute atomic E-state index is 12.4. The second-order valence-corrected chi connectivity index (χ2v) is 7.37. The van der Waals surface area contributed by atoms with E-state index in [1.807, 2.05) is 24.3 Å². The number of aliphatic imine (C=N–C) groups is 1. The first-order valence-electron chi connectivity index (χ1n) is 8.74. The number of rotatable bonds is 3. The Bertz CT molecular complexity index is 952. The number of nitrogens with zero attached hydrogens (tertiary/aromatic N) is 2. The Labute approximate surface area is 162 Å². The van der Waals surface area contributed by atoms with Gasteiger partial charge in [0, 0.05) is 13.1 Å². The molecule has 0 spiro atoms. The zero-order valence-electron chi connectivity index (χ0n) is 15.3. The summed E-state index contributed by atoms with van der Waals surface area (Å²) in [6, 6.07) is 14.0. The molecule has 0 saturated heterocycles. The van der Waals surface area contributed by atoms with Crippen molar-refractivity contribution in [1.82, 2.24) is 4.90 Å². The molecular formula is C21H20N2O3S. The van der Waals surface area contributed by atoms with E-state index in [4.69, 9.17) is 9.47 Å². The number of carbonyl (C=O) groups excluding carboxylic acids is 1. The predicted octanol–water partition coefficient (Wildman–Crippen LogP) is 3.73. The maximum Gasteiger partial charge on any atom is 0.286 e. The zero-order chi connectivity index (χ0) is 18.8. The Morgan fingerprint density at radius 1 is 1.07 bits per heavy atom. The molecule has 0 fully saturated rings. The summed E-state index contributed by atoms with van der Waals surface area (Å²) < 4.78 is 10.6. The highest BCUT2D eigenvalue weighted by molar-refractivity contribution is 8.18. The lowest BCUT2D eigenvalue weighted by molar-refractivity contribution is -0.113. The van der Waals surface area contributed by atoms with Gasteiger partial charge in [0.25, 0.3) is 5.91 Å². The number of fused-ring (bicyclic) bond motifs is 1. The van der Waals surface area contributed by atoms with Gasteiger partial charge in [0.2, 0.25) is 0 Å². The van der Waals surface area contributed by atoms with Gasteiger partial charge in [-0.1, -0.05) is 30.3 Å². The quantitative estimate of drug-likeness (QED) is 0.760. The topological polar surface area (TPSA) is 51.1 Å². The Hall–Kier alpha value is -2.73. The van der Waals surface area contributed by atoms with E-state index in [0.717, 1.165) is 30.2 Å². The molecule has 2 aromatic rings. The zero-order valence-corrected chi connectivity index (χ0v) is 16.1. The van der Waals surface area contributed by atoms with Crippen LogP contribution in [-0.2, 0) is 17.8 Å². The summed E-state index contributed by atoms with van der Waals surface area (Å²) in [5.41, 5.74) is 3.56. The summed E-state index contributed by atoms with van der Waals surface area (Å²) in [5.74, 6) is 1.11. The second-order valence-electron chi connectivity index (χ2n) is 6.36. The summed E-state index contributed by atoms with van der Waals surface area (Å²) in [5, 5.41) is 0.779. The number of benzene rings is 2. The third-order valence-electron chi connectivity index (χ3n) is 4.72. The first-order valence-corrected chi connectivity index (χ1v) is 9.56. The van der Waals surface area contributed by atoms with Crippen LogP contribution in [0.15, 0.2) is 52.4 Å². The summed E-state index contributed by atoms with van der Waals surface area (Å²) in [6.45, 7) is 1.67. The van der Waals surface area contributed by atoms with Gasteiger partial charge in [0.15, 0.2) is 16.7 Å². The van der Waals surface area contributed by atoms with Gasteiger partial charge in [-0.05, 0) is 53.1 Å². The van der Waals surface area contributed by atoms with E-state index in [2.05, 4.69) is 34.2 Å². The molecule has 0 radical (unpaired) electrons. The van der Waals surface area contributed by atoms with Crippen LogP contribution >= 0.6 is 11.8 Å². The van der Waals surface area contributed by atoms with Gasteiger partial charge in [-0.15, -0.1) is 0 Å². The van der Waals surface area contributed by atoms with Crippen molar-refractivity contribution in [2.45, 2.75) is 13.0 Å². The molecule has 0 N–H and O–H groups in total. The van der Waals surface area contributed by atoms with Crippen molar-refractivity contribution in [1.29, 1.82) is 0 Å². The van der Waals surface area contributed by atoms with Crippen molar-refractivity contribution in [3.05, 3.63) is 64.1 Å². The summed E-state index contributed by atoms with van der Waals surface area (Å²) >= 11 is 1.43. The summed E-state index contributed by atoms with van der Waals surface area (Å²) in [4.78, 5) is 19.5. The van der Waals surface area contributed by atoms with Gasteiger partial charge < -0.3 is 14.4 Å². The summed E-state index contributed by atoms with van der Waals surface area (Å²) in [6.07, 6.45) is 2.82. The fraction of sp³-hybridized carbons (Fsp3) is 0.238. The molecule has 4 rings (SSSR count). The number of hydrogen-bond acceptors (Lipinski definition) is 5. The maximum atomic E-state index is 12.4. The Morgan fingerprint density at radius 3 is 2.63 bits per heavy atom. The van der Waals surface area contributed by atoms with Gasteiger partial charge in [-0.25, -0.2) is 0 Å². The van der Waals surface area contributed by atoms with Gasteiger partial charge >= 0.3 is 0 Å². The predicted molar refractivity (Wildman–Crippen MR) is 108 cm³/mol. The van der Waals surface area contributed by atoms with Crippen LogP contribution in [-0.4, -0.2) is 36.7 Å². The van der Waals surface area contributed by atoms with Crippen LogP contribution in [0.3, 0.4) is 0 Å². The first kappa shape index (κ1) is 17.7. The minimum atomic E-state index is -0.191. The standard InChI is InChI=1S/C21H20N2O3S/c1-25-17-8-7-14(11-18(17)26-2)12-19-20(24)22-21(27-19)23-10-9-15-5-3-4-6-16(15)13-23/h3-8,11-12H,9-10,13H2,1-2H3. The number of amides is 1. The minimum absolute atomic E-state index is 0.191. The van der Waals surface area contributed by atoms with E-state index in [0.29, 0.717) is 16.4 Å². The van der Waals surface area contributed by atoms with Crippen molar-refractivity contribution in [2.75, 3.05) is 20.8 Å². The molecule has 2 aliphatic rings. The molecule has 0 saturated carbocycles. The molecule has 27 heavy (non-hydrogen) atoms. The molecular weight excluding hydrogens is 360 g/mol. The van der Waals surface area contributed by atoms with E-state index >= 15 is 0 Å². The molecule has 0 atom stereocenters. The molecule has 0 aromatic heterocycles. The average Bonchev–Trinajstić information content (AvgIpc) is 3.07. The van der Waals surface area contributed by atoms with E-state index < -0.39 is 0 Å². The van der Waals surface area contributed by atoms with Crippen LogP contribution in [0, 0.1) is 0 Å². The van der Waals surface area contributed by atoms with Crippen molar-refractivity contribution in [3.63, 3.8) is 0 Å². The molecule has 0 bridgehead atoms. The van der Waals surface area contributed by atoms with Gasteiger partial charge in [-0.3, -0.25) is 4.79 Å². The SMILES string of the molecule is COc1ccc(C=C2SC(N3CCc4ccccc4C3)=NC2=O)cc1OC. The molecule has 6 heteroatoms. The largest absolute Gasteiger partial charge is 0.493 e. The number of carbonyl (C=O) groups is 1. The average molecular weight is 380 g/mol. The van der Waals surface area contributed by atoms with Crippen LogP contribution in [0.4, 0.5) is 0 Å². The van der Waals surface area contributed by atoms with Crippen molar-refractivity contribution in [2.24, 2.45) is 4.99 Å². The minimum Gasteiger partial charge on any atom is -0.493 e. The van der Waals surface area contributed by atoms with Gasteiger partial charge in [0.1, 0.15) is 0 Å². The van der Waals surface area contributed by atoms with Crippen molar-refractivity contribution < 1.29 is 14.3 Å². The number of ether oxygens (including phenoxy) is 2. The lowest BCUT2D eigenvalue weighted by atomic mass is 10.0. The third kappa shape index (κ3) is 3.57. The second kappa shape index (κ2) is 7.48. The highest BCUT2D eigenvalue weighted by atomic mass is 32.2. The fourth-order valence-corrected chi connectivity index (χ4v) is 4.22. The summed E-state index contributed by atoms with van der Waals surface area (Å²) in [7, 11) is 3.20. The molecule has 5 nitrogen and oxygen atoms in total. The van der Waals surface area contributed by atoms with Crippen LogP contribution in [0.25, 0.3) is 6.08 Å². The Balaban J connectivity index is 1.52. The van der Waals surface area contributed by atoms with E-state index in [9.17, 15) is 4.79 Å². The monoisotopic (exact) mass is 380 g/mol. The Morgan fingerprint density at radius 2 is 1.85 bits per heavy atom. The lowest BCUT2D eigenvalue weighted by Gasteiger charge is -2.29. The number of amidine groups is 1. The van der Waals surface area contributed by atoms with Crippen LogP contribution < -0.4 is 9.47 Å².